The summed E-state index contributed by atoms with van der Waals surface area (Å²) in [6.07, 6.45) is 0. The van der Waals surface area contributed by atoms with Crippen LogP contribution in [0.15, 0.2) is 66.7 Å². The van der Waals surface area contributed by atoms with Crippen LogP contribution in [-0.2, 0) is 0 Å². The number of ether oxygens (including phenoxy) is 2. The molecule has 0 fully saturated rings. The number of benzene rings is 3. The normalized spacial score (nSPS) is 10.1. The predicted octanol–water partition coefficient (Wildman–Crippen LogP) is 4.17. The number of nitrogens with zero attached hydrogens (tertiary/aromatic N) is 1. The van der Waals surface area contributed by atoms with Crippen molar-refractivity contribution in [1.82, 2.24) is 0 Å². The van der Waals surface area contributed by atoms with Crippen LogP contribution in [0.2, 0.25) is 0 Å². The van der Waals surface area contributed by atoms with E-state index in [1.54, 1.807) is 12.1 Å². The first-order valence-corrected chi connectivity index (χ1v) is 7.10. The summed E-state index contributed by atoms with van der Waals surface area (Å²) in [6.45, 7) is 0.823. The second kappa shape index (κ2) is 6.64. The van der Waals surface area contributed by atoms with E-state index in [9.17, 15) is 0 Å². The summed E-state index contributed by atoms with van der Waals surface area (Å²) in [5, 5.41) is 11.3. The fourth-order valence-electron chi connectivity index (χ4n) is 2.25. The summed E-state index contributed by atoms with van der Waals surface area (Å²) < 4.78 is 11.3. The van der Waals surface area contributed by atoms with Crippen molar-refractivity contribution in [3.8, 4) is 17.6 Å². The Bertz CT molecular complexity index is 821. The van der Waals surface area contributed by atoms with Crippen LogP contribution >= 0.6 is 0 Å². The molecule has 0 spiro atoms. The zero-order valence-corrected chi connectivity index (χ0v) is 12.0. The maximum Gasteiger partial charge on any atom is 0.137 e. The van der Waals surface area contributed by atoms with Crippen molar-refractivity contribution in [3.63, 3.8) is 0 Å². The van der Waals surface area contributed by atoms with Crippen molar-refractivity contribution in [3.05, 3.63) is 72.3 Å². The number of para-hydroxylation sites is 1. The summed E-state index contributed by atoms with van der Waals surface area (Å²) in [5.74, 6) is 1.41. The fraction of sp³-hybridized carbons (Fsp3) is 0.105. The van der Waals surface area contributed by atoms with E-state index in [1.807, 2.05) is 42.5 Å². The van der Waals surface area contributed by atoms with Crippen LogP contribution in [0.1, 0.15) is 5.56 Å². The molecule has 0 saturated carbocycles. The zero-order valence-electron chi connectivity index (χ0n) is 12.0. The van der Waals surface area contributed by atoms with E-state index >= 15 is 0 Å². The molecule has 0 atom stereocenters. The SMILES string of the molecule is N#Cc1ccccc1OCCOc1ccc2ccccc2c1. The molecule has 0 amide bonds. The van der Waals surface area contributed by atoms with Gasteiger partial charge in [-0.15, -0.1) is 0 Å². The highest BCUT2D eigenvalue weighted by Crippen LogP contribution is 2.21. The topological polar surface area (TPSA) is 42.2 Å². The first-order valence-electron chi connectivity index (χ1n) is 7.10. The predicted molar refractivity (Wildman–Crippen MR) is 86.1 cm³/mol. The standard InChI is InChI=1S/C19H15NO2/c20-14-17-7-3-4-8-19(17)22-12-11-21-18-10-9-15-5-1-2-6-16(15)13-18/h1-10,13H,11-12H2. The third kappa shape index (κ3) is 3.18. The molecule has 0 heterocycles. The summed E-state index contributed by atoms with van der Waals surface area (Å²) in [7, 11) is 0. The van der Waals surface area contributed by atoms with E-state index in [2.05, 4.69) is 18.2 Å². The molecular formula is C19H15NO2. The molecule has 3 aromatic rings. The first-order chi connectivity index (χ1) is 10.9. The number of hydrogen-bond acceptors (Lipinski definition) is 3. The molecule has 0 bridgehead atoms. The van der Waals surface area contributed by atoms with Crippen LogP contribution in [0.3, 0.4) is 0 Å². The molecule has 3 aromatic carbocycles. The lowest BCUT2D eigenvalue weighted by Crippen LogP contribution is -2.09. The lowest BCUT2D eigenvalue weighted by Gasteiger charge is -2.10. The molecule has 3 rings (SSSR count). The number of rotatable bonds is 5. The third-order valence-electron chi connectivity index (χ3n) is 3.34. The van der Waals surface area contributed by atoms with Crippen molar-refractivity contribution in [1.29, 1.82) is 5.26 Å². The van der Waals surface area contributed by atoms with Crippen molar-refractivity contribution >= 4 is 10.8 Å². The van der Waals surface area contributed by atoms with Gasteiger partial charge in [-0.2, -0.15) is 5.26 Å². The number of fused-ring (bicyclic) bond motifs is 1. The highest BCUT2D eigenvalue weighted by Gasteiger charge is 2.02. The van der Waals surface area contributed by atoms with E-state index in [0.717, 1.165) is 11.1 Å². The molecule has 0 aliphatic heterocycles. The Hall–Kier alpha value is -2.99. The molecule has 0 aliphatic carbocycles. The maximum atomic E-state index is 8.99. The van der Waals surface area contributed by atoms with Gasteiger partial charge in [0, 0.05) is 0 Å². The maximum absolute atomic E-state index is 8.99. The van der Waals surface area contributed by atoms with Crippen molar-refractivity contribution in [2.45, 2.75) is 0 Å². The van der Waals surface area contributed by atoms with Gasteiger partial charge in [-0.1, -0.05) is 42.5 Å². The number of nitriles is 1. The van der Waals surface area contributed by atoms with Gasteiger partial charge in [0.05, 0.1) is 5.56 Å². The quantitative estimate of drug-likeness (QED) is 0.662. The first kappa shape index (κ1) is 14.0. The van der Waals surface area contributed by atoms with E-state index in [0.29, 0.717) is 24.5 Å². The third-order valence-corrected chi connectivity index (χ3v) is 3.34. The number of hydrogen-bond donors (Lipinski definition) is 0. The second-order valence-electron chi connectivity index (χ2n) is 4.81. The summed E-state index contributed by atoms with van der Waals surface area (Å²) in [5.41, 5.74) is 0.535. The minimum atomic E-state index is 0.394. The summed E-state index contributed by atoms with van der Waals surface area (Å²) >= 11 is 0. The van der Waals surface area contributed by atoms with Crippen LogP contribution < -0.4 is 9.47 Å². The molecule has 3 heteroatoms. The molecule has 0 saturated heterocycles. The molecular weight excluding hydrogens is 274 g/mol. The zero-order chi connectivity index (χ0) is 15.2. The van der Waals surface area contributed by atoms with E-state index in [-0.39, 0.29) is 0 Å². The molecule has 22 heavy (non-hydrogen) atoms. The van der Waals surface area contributed by atoms with Gasteiger partial charge in [-0.05, 0) is 35.0 Å². The van der Waals surface area contributed by atoms with Crippen LogP contribution in [0, 0.1) is 11.3 Å². The smallest absolute Gasteiger partial charge is 0.137 e. The Kier molecular flexibility index (Phi) is 4.22. The minimum Gasteiger partial charge on any atom is -0.490 e. The van der Waals surface area contributed by atoms with Gasteiger partial charge < -0.3 is 9.47 Å². The van der Waals surface area contributed by atoms with Crippen LogP contribution in [0.4, 0.5) is 0 Å². The van der Waals surface area contributed by atoms with E-state index in [4.69, 9.17) is 14.7 Å². The Morgan fingerprint density at radius 2 is 1.50 bits per heavy atom. The Balaban J connectivity index is 1.57. The van der Waals surface area contributed by atoms with Gasteiger partial charge in [0.2, 0.25) is 0 Å². The van der Waals surface area contributed by atoms with Gasteiger partial charge in [0.1, 0.15) is 30.8 Å². The van der Waals surface area contributed by atoms with Crippen LogP contribution in [0.25, 0.3) is 10.8 Å². The molecule has 0 aliphatic rings. The van der Waals surface area contributed by atoms with Gasteiger partial charge in [-0.25, -0.2) is 0 Å². The summed E-state index contributed by atoms with van der Waals surface area (Å²) in [4.78, 5) is 0. The van der Waals surface area contributed by atoms with Crippen molar-refractivity contribution in [2.24, 2.45) is 0 Å². The molecule has 0 unspecified atom stereocenters. The van der Waals surface area contributed by atoms with E-state index < -0.39 is 0 Å². The van der Waals surface area contributed by atoms with Gasteiger partial charge in [0.25, 0.3) is 0 Å². The fourth-order valence-corrected chi connectivity index (χ4v) is 2.25. The summed E-state index contributed by atoms with van der Waals surface area (Å²) in [6, 6.07) is 23.4. The van der Waals surface area contributed by atoms with Gasteiger partial charge in [-0.3, -0.25) is 0 Å². The highest BCUT2D eigenvalue weighted by atomic mass is 16.5. The average molecular weight is 289 g/mol. The Morgan fingerprint density at radius 3 is 2.36 bits per heavy atom. The van der Waals surface area contributed by atoms with Crippen molar-refractivity contribution < 1.29 is 9.47 Å². The molecule has 0 radical (unpaired) electrons. The van der Waals surface area contributed by atoms with Gasteiger partial charge >= 0.3 is 0 Å². The molecule has 3 nitrogen and oxygen atoms in total. The van der Waals surface area contributed by atoms with Crippen LogP contribution in [-0.4, -0.2) is 13.2 Å². The highest BCUT2D eigenvalue weighted by molar-refractivity contribution is 5.83. The Labute approximate surface area is 129 Å². The van der Waals surface area contributed by atoms with Gasteiger partial charge in [0.15, 0.2) is 0 Å². The van der Waals surface area contributed by atoms with E-state index in [1.165, 1.54) is 5.39 Å². The van der Waals surface area contributed by atoms with Crippen LogP contribution in [0.5, 0.6) is 11.5 Å². The average Bonchev–Trinajstić information content (AvgIpc) is 2.59. The largest absolute Gasteiger partial charge is 0.490 e. The molecule has 108 valence electrons. The lowest BCUT2D eigenvalue weighted by atomic mass is 10.1. The monoisotopic (exact) mass is 289 g/mol. The molecule has 0 N–H and O–H groups in total. The second-order valence-corrected chi connectivity index (χ2v) is 4.81. The minimum absolute atomic E-state index is 0.394. The molecule has 0 aromatic heterocycles. The van der Waals surface area contributed by atoms with Crippen molar-refractivity contribution in [2.75, 3.05) is 13.2 Å². The Morgan fingerprint density at radius 1 is 0.773 bits per heavy atom. The lowest BCUT2D eigenvalue weighted by molar-refractivity contribution is 0.217.